The molecular formula is C33H44F2N4O7S2. The van der Waals surface area contributed by atoms with Crippen molar-refractivity contribution in [1.82, 2.24) is 14.6 Å². The zero-order valence-electron chi connectivity index (χ0n) is 27.5. The van der Waals surface area contributed by atoms with Crippen LogP contribution in [-0.2, 0) is 30.7 Å². The minimum Gasteiger partial charge on any atom is -0.445 e. The number of amides is 1. The smallest absolute Gasteiger partial charge is 0.407 e. The highest BCUT2D eigenvalue weighted by molar-refractivity contribution is 7.89. The van der Waals surface area contributed by atoms with Crippen molar-refractivity contribution in [3.05, 3.63) is 54.1 Å². The molecule has 48 heavy (non-hydrogen) atoms. The SMILES string of the molecule is CC(C)CNc1nc2ccc(S(=O)(=O)N(CC(C)C)C[C@@H](O)[C@H](Cc3ccccc3)NC(=O)O[C@H]3CCO[C@H]4OCC(F)(F)C43)cc2s1. The maximum Gasteiger partial charge on any atom is 0.407 e. The summed E-state index contributed by atoms with van der Waals surface area (Å²) in [4.78, 5) is 17.8. The van der Waals surface area contributed by atoms with Crippen LogP contribution in [0.4, 0.5) is 18.7 Å². The summed E-state index contributed by atoms with van der Waals surface area (Å²) < 4.78 is 75.1. The van der Waals surface area contributed by atoms with Crippen molar-refractivity contribution in [3.8, 4) is 0 Å². The van der Waals surface area contributed by atoms with Crippen molar-refractivity contribution in [2.75, 3.05) is 38.2 Å². The number of anilines is 1. The molecule has 1 amide bonds. The van der Waals surface area contributed by atoms with Gasteiger partial charge in [-0.2, -0.15) is 4.31 Å². The predicted molar refractivity (Wildman–Crippen MR) is 179 cm³/mol. The molecule has 264 valence electrons. The van der Waals surface area contributed by atoms with Crippen LogP contribution in [0.3, 0.4) is 0 Å². The highest BCUT2D eigenvalue weighted by Crippen LogP contribution is 2.43. The third-order valence-corrected chi connectivity index (χ3v) is 11.1. The fourth-order valence-electron chi connectivity index (χ4n) is 5.87. The van der Waals surface area contributed by atoms with Gasteiger partial charge in [0, 0.05) is 26.1 Å². The maximum absolute atomic E-state index is 14.6. The number of carbonyl (C=O) groups is 1. The van der Waals surface area contributed by atoms with Crippen LogP contribution in [0.5, 0.6) is 0 Å². The van der Waals surface area contributed by atoms with Gasteiger partial charge < -0.3 is 30.0 Å². The number of nitrogens with zero attached hydrogens (tertiary/aromatic N) is 2. The summed E-state index contributed by atoms with van der Waals surface area (Å²) in [5.74, 6) is -4.38. The van der Waals surface area contributed by atoms with Crippen LogP contribution < -0.4 is 10.6 Å². The summed E-state index contributed by atoms with van der Waals surface area (Å²) in [5, 5.41) is 18.2. The minimum atomic E-state index is -4.10. The van der Waals surface area contributed by atoms with Crippen LogP contribution in [0.1, 0.15) is 39.7 Å². The number of thiazole rings is 1. The third-order valence-electron chi connectivity index (χ3n) is 8.25. The molecule has 5 rings (SSSR count). The topological polar surface area (TPSA) is 139 Å². The van der Waals surface area contributed by atoms with Gasteiger partial charge in [0.1, 0.15) is 18.6 Å². The Kier molecular flexibility index (Phi) is 11.6. The molecule has 0 bridgehead atoms. The number of rotatable bonds is 14. The Bertz CT molecular complexity index is 1640. The second-order valence-electron chi connectivity index (χ2n) is 13.2. The molecule has 5 atom stereocenters. The molecular weight excluding hydrogens is 667 g/mol. The second-order valence-corrected chi connectivity index (χ2v) is 16.2. The predicted octanol–water partition coefficient (Wildman–Crippen LogP) is 5.11. The Labute approximate surface area is 284 Å². The molecule has 2 fully saturated rings. The van der Waals surface area contributed by atoms with E-state index >= 15 is 0 Å². The van der Waals surface area contributed by atoms with Crippen molar-refractivity contribution in [2.24, 2.45) is 17.8 Å². The van der Waals surface area contributed by atoms with Crippen molar-refractivity contribution in [2.45, 2.75) is 75.9 Å². The summed E-state index contributed by atoms with van der Waals surface area (Å²) in [6.45, 7) is 7.65. The number of aliphatic hydroxyl groups is 1. The number of ether oxygens (including phenoxy) is 3. The van der Waals surface area contributed by atoms with Gasteiger partial charge in [-0.1, -0.05) is 69.4 Å². The normalized spacial score (nSPS) is 22.2. The summed E-state index contributed by atoms with van der Waals surface area (Å²) in [7, 11) is -4.10. The van der Waals surface area contributed by atoms with Crippen molar-refractivity contribution >= 4 is 42.8 Å². The number of fused-ring (bicyclic) bond motifs is 2. The number of alkyl halides is 2. The average Bonchev–Trinajstić information content (AvgIpc) is 3.59. The molecule has 1 aromatic heterocycles. The van der Waals surface area contributed by atoms with Gasteiger partial charge in [-0.05, 0) is 42.0 Å². The Morgan fingerprint density at radius 3 is 2.58 bits per heavy atom. The lowest BCUT2D eigenvalue weighted by atomic mass is 9.92. The molecule has 3 N–H and O–H groups in total. The van der Waals surface area contributed by atoms with Gasteiger partial charge in [0.15, 0.2) is 11.4 Å². The summed E-state index contributed by atoms with van der Waals surface area (Å²) in [6.07, 6.45) is -4.55. The number of hydrogen-bond acceptors (Lipinski definition) is 10. The number of hydrogen-bond donors (Lipinski definition) is 3. The molecule has 2 aromatic carbocycles. The number of carbonyl (C=O) groups excluding carboxylic acids is 1. The molecule has 2 aliphatic rings. The van der Waals surface area contributed by atoms with E-state index in [0.717, 1.165) is 12.1 Å². The largest absolute Gasteiger partial charge is 0.445 e. The van der Waals surface area contributed by atoms with Crippen LogP contribution in [0.2, 0.25) is 0 Å². The number of sulfonamides is 1. The molecule has 0 saturated carbocycles. The van der Waals surface area contributed by atoms with E-state index in [1.165, 1.54) is 21.7 Å². The van der Waals surface area contributed by atoms with E-state index in [1.807, 2.05) is 32.0 Å². The van der Waals surface area contributed by atoms with E-state index in [-0.39, 0.29) is 43.4 Å². The zero-order valence-corrected chi connectivity index (χ0v) is 29.1. The molecule has 3 aromatic rings. The van der Waals surface area contributed by atoms with E-state index in [0.29, 0.717) is 21.3 Å². The molecule has 0 spiro atoms. The standard InChI is InChI=1S/C33H44F2N4O7S2/c1-20(2)16-36-31-37-24-11-10-23(15-28(24)47-31)48(42,43)39(17-21(3)4)18-26(40)25(14-22-8-6-5-7-9-22)38-32(41)46-27-12-13-44-30-29(27)33(34,35)19-45-30/h5-11,15,20-21,25-27,29-30,40H,12-14,16-19H2,1-4H3,(H,36,37)(H,38,41)/t25-,26+,27-,29?,30-/m0/s1. The van der Waals surface area contributed by atoms with Crippen LogP contribution in [0.15, 0.2) is 53.4 Å². The summed E-state index contributed by atoms with van der Waals surface area (Å²) >= 11 is 1.36. The molecule has 1 unspecified atom stereocenters. The number of aromatic nitrogens is 1. The maximum atomic E-state index is 14.6. The first-order chi connectivity index (χ1) is 22.7. The Hall–Kier alpha value is -2.95. The number of benzene rings is 2. The second kappa shape index (κ2) is 15.3. The Morgan fingerprint density at radius 2 is 1.88 bits per heavy atom. The molecule has 15 heteroatoms. The van der Waals surface area contributed by atoms with Crippen LogP contribution in [0.25, 0.3) is 10.2 Å². The third kappa shape index (κ3) is 8.79. The highest BCUT2D eigenvalue weighted by atomic mass is 32.2. The lowest BCUT2D eigenvalue weighted by molar-refractivity contribution is -0.194. The fourth-order valence-corrected chi connectivity index (χ4v) is 8.51. The van der Waals surface area contributed by atoms with Gasteiger partial charge in [-0.15, -0.1) is 0 Å². The molecule has 11 nitrogen and oxygen atoms in total. The van der Waals surface area contributed by atoms with Gasteiger partial charge in [0.2, 0.25) is 10.0 Å². The van der Waals surface area contributed by atoms with Crippen molar-refractivity contribution in [1.29, 1.82) is 0 Å². The highest BCUT2D eigenvalue weighted by Gasteiger charge is 2.58. The van der Waals surface area contributed by atoms with E-state index < -0.39 is 59.1 Å². The first-order valence-electron chi connectivity index (χ1n) is 16.2. The Balaban J connectivity index is 1.35. The van der Waals surface area contributed by atoms with Crippen LogP contribution >= 0.6 is 11.3 Å². The van der Waals surface area contributed by atoms with Crippen molar-refractivity contribution < 1.29 is 41.3 Å². The van der Waals surface area contributed by atoms with E-state index in [2.05, 4.69) is 29.5 Å². The van der Waals surface area contributed by atoms with E-state index in [4.69, 9.17) is 14.2 Å². The van der Waals surface area contributed by atoms with Gasteiger partial charge in [0.25, 0.3) is 5.92 Å². The fraction of sp³-hybridized carbons (Fsp3) is 0.576. The van der Waals surface area contributed by atoms with E-state index in [9.17, 15) is 27.1 Å². The average molecular weight is 711 g/mol. The molecule has 2 aliphatic heterocycles. The first kappa shape index (κ1) is 36.3. The molecule has 0 aliphatic carbocycles. The number of aliphatic hydroxyl groups excluding tert-OH is 1. The molecule has 3 heterocycles. The first-order valence-corrected chi connectivity index (χ1v) is 18.4. The number of nitrogens with one attached hydrogen (secondary N) is 2. The van der Waals surface area contributed by atoms with Crippen LogP contribution in [-0.4, -0.2) is 92.2 Å². The van der Waals surface area contributed by atoms with Crippen LogP contribution in [0, 0.1) is 17.8 Å². The van der Waals surface area contributed by atoms with Gasteiger partial charge in [-0.25, -0.2) is 27.0 Å². The number of alkyl carbamates (subject to hydrolysis) is 1. The number of halogens is 2. The zero-order chi connectivity index (χ0) is 34.6. The van der Waals surface area contributed by atoms with E-state index in [1.54, 1.807) is 24.3 Å². The van der Waals surface area contributed by atoms with Gasteiger partial charge >= 0.3 is 6.09 Å². The quantitative estimate of drug-likeness (QED) is 0.209. The summed E-state index contributed by atoms with van der Waals surface area (Å²) in [6, 6.07) is 12.8. The van der Waals surface area contributed by atoms with Crippen molar-refractivity contribution in [3.63, 3.8) is 0 Å². The van der Waals surface area contributed by atoms with Gasteiger partial charge in [0.05, 0.1) is 33.9 Å². The lowest BCUT2D eigenvalue weighted by Gasteiger charge is -2.35. The minimum absolute atomic E-state index is 0.0548. The van der Waals surface area contributed by atoms with Gasteiger partial charge in [-0.3, -0.25) is 0 Å². The molecule has 0 radical (unpaired) electrons. The Morgan fingerprint density at radius 1 is 1.12 bits per heavy atom. The monoisotopic (exact) mass is 710 g/mol. The lowest BCUT2D eigenvalue weighted by Crippen LogP contribution is -2.53. The molecule has 2 saturated heterocycles. The summed E-state index contributed by atoms with van der Waals surface area (Å²) in [5.41, 5.74) is 1.43.